The Balaban J connectivity index is 2.06. The summed E-state index contributed by atoms with van der Waals surface area (Å²) in [5.74, 6) is -0.992. The van der Waals surface area contributed by atoms with Crippen molar-refractivity contribution in [2.75, 3.05) is 0 Å². The monoisotopic (exact) mass is 356 g/mol. The van der Waals surface area contributed by atoms with E-state index in [1.54, 1.807) is 0 Å². The number of alkyl halides is 3. The van der Waals surface area contributed by atoms with Crippen molar-refractivity contribution < 1.29 is 22.3 Å². The van der Waals surface area contributed by atoms with Gasteiger partial charge in [-0.05, 0) is 28.1 Å². The predicted octanol–water partition coefficient (Wildman–Crippen LogP) is 4.04. The zero-order chi connectivity index (χ0) is 14.0. The van der Waals surface area contributed by atoms with Crippen molar-refractivity contribution in [1.29, 1.82) is 0 Å². The van der Waals surface area contributed by atoms with Crippen LogP contribution in [0.2, 0.25) is 0 Å². The van der Waals surface area contributed by atoms with Crippen LogP contribution in [0.3, 0.4) is 0 Å². The Bertz CT molecular complexity index is 587. The standard InChI is InChI=1S/C10H5BrF4N2OS/c11-7-2-1-5(12)9(17-7)18-4-8-16-3-6(19-8)10(13,14)15/h1-3H,4H2. The molecule has 2 aromatic heterocycles. The van der Waals surface area contributed by atoms with Crippen LogP contribution in [0.4, 0.5) is 17.6 Å². The molecule has 2 rings (SSSR count). The Morgan fingerprint density at radius 3 is 2.68 bits per heavy atom. The first kappa shape index (κ1) is 14.2. The highest BCUT2D eigenvalue weighted by molar-refractivity contribution is 9.10. The average molecular weight is 357 g/mol. The summed E-state index contributed by atoms with van der Waals surface area (Å²) in [4.78, 5) is 6.45. The Kier molecular flexibility index (Phi) is 4.04. The van der Waals surface area contributed by atoms with Gasteiger partial charge in [0.15, 0.2) is 5.82 Å². The van der Waals surface area contributed by atoms with Crippen molar-refractivity contribution in [3.8, 4) is 5.88 Å². The van der Waals surface area contributed by atoms with E-state index in [1.165, 1.54) is 6.07 Å². The fraction of sp³-hybridized carbons (Fsp3) is 0.200. The summed E-state index contributed by atoms with van der Waals surface area (Å²) >= 11 is 3.48. The molecular weight excluding hydrogens is 352 g/mol. The lowest BCUT2D eigenvalue weighted by atomic mass is 10.5. The van der Waals surface area contributed by atoms with Crippen LogP contribution in [0.1, 0.15) is 9.88 Å². The third-order valence-corrected chi connectivity index (χ3v) is 3.40. The third-order valence-electron chi connectivity index (χ3n) is 1.95. The third kappa shape index (κ3) is 3.63. The van der Waals surface area contributed by atoms with Crippen LogP contribution >= 0.6 is 27.3 Å². The van der Waals surface area contributed by atoms with E-state index in [-0.39, 0.29) is 17.5 Å². The molecule has 102 valence electrons. The minimum atomic E-state index is -4.44. The van der Waals surface area contributed by atoms with Gasteiger partial charge in [0.1, 0.15) is 21.1 Å². The van der Waals surface area contributed by atoms with Gasteiger partial charge in [-0.3, -0.25) is 0 Å². The molecule has 0 fully saturated rings. The highest BCUT2D eigenvalue weighted by atomic mass is 79.9. The van der Waals surface area contributed by atoms with E-state index in [1.807, 2.05) is 0 Å². The Labute approximate surface area is 117 Å². The Hall–Kier alpha value is -1.22. The molecule has 0 aliphatic heterocycles. The van der Waals surface area contributed by atoms with Crippen molar-refractivity contribution in [2.45, 2.75) is 12.8 Å². The maximum atomic E-state index is 13.3. The molecule has 0 aliphatic rings. The number of ether oxygens (including phenoxy) is 1. The van der Waals surface area contributed by atoms with E-state index in [9.17, 15) is 17.6 Å². The zero-order valence-corrected chi connectivity index (χ0v) is 11.4. The first-order chi connectivity index (χ1) is 8.86. The van der Waals surface area contributed by atoms with Gasteiger partial charge in [-0.15, -0.1) is 11.3 Å². The van der Waals surface area contributed by atoms with Crippen LogP contribution in [0.25, 0.3) is 0 Å². The smallest absolute Gasteiger partial charge is 0.427 e. The largest absolute Gasteiger partial charge is 0.468 e. The molecule has 0 bridgehead atoms. The minimum absolute atomic E-state index is 0.0912. The molecule has 0 amide bonds. The number of halogens is 5. The van der Waals surface area contributed by atoms with Gasteiger partial charge in [0, 0.05) is 0 Å². The van der Waals surface area contributed by atoms with Crippen LogP contribution in [-0.2, 0) is 12.8 Å². The van der Waals surface area contributed by atoms with Gasteiger partial charge in [-0.1, -0.05) is 0 Å². The average Bonchev–Trinajstić information content (AvgIpc) is 2.79. The highest BCUT2D eigenvalue weighted by Crippen LogP contribution is 2.33. The van der Waals surface area contributed by atoms with Gasteiger partial charge < -0.3 is 4.74 Å². The normalized spacial score (nSPS) is 11.6. The fourth-order valence-electron chi connectivity index (χ4n) is 1.14. The summed E-state index contributed by atoms with van der Waals surface area (Å²) in [7, 11) is 0. The van der Waals surface area contributed by atoms with Gasteiger partial charge in [-0.2, -0.15) is 13.2 Å². The highest BCUT2D eigenvalue weighted by Gasteiger charge is 2.33. The molecule has 0 spiro atoms. The van der Waals surface area contributed by atoms with E-state index < -0.39 is 16.9 Å². The van der Waals surface area contributed by atoms with E-state index in [0.29, 0.717) is 22.1 Å². The predicted molar refractivity (Wildman–Crippen MR) is 63.3 cm³/mol. The molecule has 0 saturated carbocycles. The fourth-order valence-corrected chi connectivity index (χ4v) is 2.13. The molecule has 2 aromatic rings. The molecule has 0 N–H and O–H groups in total. The SMILES string of the molecule is Fc1ccc(Br)nc1OCc1ncc(C(F)(F)F)s1. The summed E-state index contributed by atoms with van der Waals surface area (Å²) in [5, 5.41) is 0.0912. The quantitative estimate of drug-likeness (QED) is 0.615. The molecule has 19 heavy (non-hydrogen) atoms. The summed E-state index contributed by atoms with van der Waals surface area (Å²) in [6.45, 7) is -0.277. The molecule has 0 unspecified atom stereocenters. The summed E-state index contributed by atoms with van der Waals surface area (Å²) in [6, 6.07) is 2.52. The topological polar surface area (TPSA) is 35.0 Å². The molecule has 0 aliphatic carbocycles. The zero-order valence-electron chi connectivity index (χ0n) is 9.04. The Morgan fingerprint density at radius 1 is 1.32 bits per heavy atom. The number of hydrogen-bond donors (Lipinski definition) is 0. The van der Waals surface area contributed by atoms with Crippen molar-refractivity contribution >= 4 is 27.3 Å². The first-order valence-corrected chi connectivity index (χ1v) is 6.44. The number of nitrogens with zero attached hydrogens (tertiary/aromatic N) is 2. The molecule has 9 heteroatoms. The molecule has 3 nitrogen and oxygen atoms in total. The second-order valence-electron chi connectivity index (χ2n) is 3.33. The number of aromatic nitrogens is 2. The molecule has 0 radical (unpaired) electrons. The van der Waals surface area contributed by atoms with Crippen LogP contribution in [0.15, 0.2) is 22.9 Å². The van der Waals surface area contributed by atoms with E-state index in [2.05, 4.69) is 25.9 Å². The lowest BCUT2D eigenvalue weighted by molar-refractivity contribution is -0.134. The van der Waals surface area contributed by atoms with E-state index in [0.717, 1.165) is 6.07 Å². The van der Waals surface area contributed by atoms with Crippen molar-refractivity contribution in [3.05, 3.63) is 38.6 Å². The van der Waals surface area contributed by atoms with Gasteiger partial charge in [0.25, 0.3) is 5.88 Å². The summed E-state index contributed by atoms with van der Waals surface area (Å²) < 4.78 is 55.6. The van der Waals surface area contributed by atoms with E-state index in [4.69, 9.17) is 4.74 Å². The van der Waals surface area contributed by atoms with Crippen LogP contribution in [-0.4, -0.2) is 9.97 Å². The molecule has 2 heterocycles. The van der Waals surface area contributed by atoms with Crippen LogP contribution < -0.4 is 4.74 Å². The van der Waals surface area contributed by atoms with Crippen LogP contribution in [0, 0.1) is 5.82 Å². The van der Waals surface area contributed by atoms with Crippen molar-refractivity contribution in [1.82, 2.24) is 9.97 Å². The second-order valence-corrected chi connectivity index (χ2v) is 5.25. The van der Waals surface area contributed by atoms with E-state index >= 15 is 0 Å². The number of thiazole rings is 1. The Morgan fingerprint density at radius 2 is 2.05 bits per heavy atom. The van der Waals surface area contributed by atoms with Gasteiger partial charge in [0.05, 0.1) is 6.20 Å². The molecule has 0 saturated heterocycles. The number of hydrogen-bond acceptors (Lipinski definition) is 4. The van der Waals surface area contributed by atoms with Gasteiger partial charge in [-0.25, -0.2) is 14.4 Å². The lowest BCUT2D eigenvalue weighted by Gasteiger charge is -2.04. The number of pyridine rings is 1. The maximum absolute atomic E-state index is 13.3. The van der Waals surface area contributed by atoms with Gasteiger partial charge >= 0.3 is 6.18 Å². The molecule has 0 atom stereocenters. The van der Waals surface area contributed by atoms with Crippen molar-refractivity contribution in [2.24, 2.45) is 0 Å². The van der Waals surface area contributed by atoms with Gasteiger partial charge in [0.2, 0.25) is 0 Å². The summed E-state index contributed by atoms with van der Waals surface area (Å²) in [6.07, 6.45) is -3.72. The first-order valence-electron chi connectivity index (χ1n) is 4.83. The molecule has 0 aromatic carbocycles. The lowest BCUT2D eigenvalue weighted by Crippen LogP contribution is -2.01. The van der Waals surface area contributed by atoms with Crippen LogP contribution in [0.5, 0.6) is 5.88 Å². The molecular formula is C10H5BrF4N2OS. The minimum Gasteiger partial charge on any atom is -0.468 e. The number of rotatable bonds is 3. The van der Waals surface area contributed by atoms with Crippen molar-refractivity contribution in [3.63, 3.8) is 0 Å². The summed E-state index contributed by atoms with van der Waals surface area (Å²) in [5.41, 5.74) is 0. The maximum Gasteiger partial charge on any atom is 0.427 e. The second kappa shape index (κ2) is 5.41.